The Morgan fingerprint density at radius 2 is 2.00 bits per heavy atom. The molecular formula is C12H26N2O2. The SMILES string of the molecule is CCN1CCCC(NCC(OC)OC)CC1. The molecule has 0 bridgehead atoms. The van der Waals surface area contributed by atoms with E-state index in [1.165, 1.54) is 38.9 Å². The molecule has 1 aliphatic rings. The van der Waals surface area contributed by atoms with Gasteiger partial charge >= 0.3 is 0 Å². The van der Waals surface area contributed by atoms with Crippen LogP contribution >= 0.6 is 0 Å². The van der Waals surface area contributed by atoms with E-state index in [-0.39, 0.29) is 6.29 Å². The van der Waals surface area contributed by atoms with Crippen LogP contribution in [0.4, 0.5) is 0 Å². The third-order valence-corrected chi connectivity index (χ3v) is 3.37. The molecule has 1 saturated heterocycles. The van der Waals surface area contributed by atoms with Gasteiger partial charge in [-0.1, -0.05) is 6.92 Å². The highest BCUT2D eigenvalue weighted by Crippen LogP contribution is 2.10. The third kappa shape index (κ3) is 4.78. The third-order valence-electron chi connectivity index (χ3n) is 3.37. The van der Waals surface area contributed by atoms with Crippen LogP contribution in [0.3, 0.4) is 0 Å². The zero-order valence-electron chi connectivity index (χ0n) is 10.9. The number of ether oxygens (including phenoxy) is 2. The number of nitrogens with zero attached hydrogens (tertiary/aromatic N) is 1. The fraction of sp³-hybridized carbons (Fsp3) is 1.00. The summed E-state index contributed by atoms with van der Waals surface area (Å²) in [4.78, 5) is 2.52. The number of hydrogen-bond acceptors (Lipinski definition) is 4. The second-order valence-electron chi connectivity index (χ2n) is 4.37. The van der Waals surface area contributed by atoms with Crippen LogP contribution in [0.15, 0.2) is 0 Å². The molecule has 0 aromatic carbocycles. The summed E-state index contributed by atoms with van der Waals surface area (Å²) in [5, 5.41) is 3.53. The maximum atomic E-state index is 5.17. The quantitative estimate of drug-likeness (QED) is 0.692. The zero-order chi connectivity index (χ0) is 11.8. The van der Waals surface area contributed by atoms with Crippen molar-refractivity contribution in [1.29, 1.82) is 0 Å². The number of hydrogen-bond donors (Lipinski definition) is 1. The predicted molar refractivity (Wildman–Crippen MR) is 65.6 cm³/mol. The van der Waals surface area contributed by atoms with Crippen LogP contribution in [0.1, 0.15) is 26.2 Å². The maximum absolute atomic E-state index is 5.17. The second-order valence-corrected chi connectivity index (χ2v) is 4.37. The molecule has 0 spiro atoms. The van der Waals surface area contributed by atoms with Crippen molar-refractivity contribution in [3.05, 3.63) is 0 Å². The fourth-order valence-electron chi connectivity index (χ4n) is 2.20. The van der Waals surface area contributed by atoms with Gasteiger partial charge in [-0.25, -0.2) is 0 Å². The van der Waals surface area contributed by atoms with Crippen LogP contribution < -0.4 is 5.32 Å². The van der Waals surface area contributed by atoms with Crippen molar-refractivity contribution in [3.8, 4) is 0 Å². The van der Waals surface area contributed by atoms with E-state index in [1.54, 1.807) is 14.2 Å². The summed E-state index contributed by atoms with van der Waals surface area (Å²) in [7, 11) is 3.36. The topological polar surface area (TPSA) is 33.7 Å². The van der Waals surface area contributed by atoms with Crippen molar-refractivity contribution in [2.24, 2.45) is 0 Å². The Kier molecular flexibility index (Phi) is 6.96. The Hall–Kier alpha value is -0.160. The minimum atomic E-state index is -0.120. The van der Waals surface area contributed by atoms with E-state index in [9.17, 15) is 0 Å². The summed E-state index contributed by atoms with van der Waals surface area (Å²) in [6.45, 7) is 6.64. The number of methoxy groups -OCH3 is 2. The van der Waals surface area contributed by atoms with Crippen molar-refractivity contribution in [1.82, 2.24) is 10.2 Å². The van der Waals surface area contributed by atoms with Crippen LogP contribution in [0, 0.1) is 0 Å². The molecule has 1 unspecified atom stereocenters. The standard InChI is InChI=1S/C12H26N2O2/c1-4-14-8-5-6-11(7-9-14)13-10-12(15-2)16-3/h11-13H,4-10H2,1-3H3. The smallest absolute Gasteiger partial charge is 0.169 e. The van der Waals surface area contributed by atoms with Crippen LogP contribution in [-0.2, 0) is 9.47 Å². The van der Waals surface area contributed by atoms with Crippen LogP contribution in [0.2, 0.25) is 0 Å². The van der Waals surface area contributed by atoms with Gasteiger partial charge in [0.05, 0.1) is 0 Å². The first-order valence-corrected chi connectivity index (χ1v) is 6.31. The minimum Gasteiger partial charge on any atom is -0.355 e. The molecule has 0 aliphatic carbocycles. The lowest BCUT2D eigenvalue weighted by Gasteiger charge is -2.20. The summed E-state index contributed by atoms with van der Waals surface area (Å²) < 4.78 is 10.3. The molecule has 4 heteroatoms. The van der Waals surface area contributed by atoms with Crippen molar-refractivity contribution in [3.63, 3.8) is 0 Å². The van der Waals surface area contributed by atoms with E-state index in [0.29, 0.717) is 6.04 Å². The predicted octanol–water partition coefficient (Wildman–Crippen LogP) is 1.07. The minimum absolute atomic E-state index is 0.120. The highest BCUT2D eigenvalue weighted by molar-refractivity contribution is 4.74. The molecule has 96 valence electrons. The second kappa shape index (κ2) is 8.01. The van der Waals surface area contributed by atoms with E-state index in [4.69, 9.17) is 9.47 Å². The molecule has 1 N–H and O–H groups in total. The molecule has 0 aromatic rings. The van der Waals surface area contributed by atoms with Crippen molar-refractivity contribution < 1.29 is 9.47 Å². The average molecular weight is 230 g/mol. The van der Waals surface area contributed by atoms with Gasteiger partial charge in [0.15, 0.2) is 6.29 Å². The van der Waals surface area contributed by atoms with E-state index in [1.807, 2.05) is 0 Å². The molecule has 1 atom stereocenters. The number of likely N-dealkylation sites (tertiary alicyclic amines) is 1. The largest absolute Gasteiger partial charge is 0.355 e. The van der Waals surface area contributed by atoms with E-state index in [0.717, 1.165) is 6.54 Å². The molecule has 1 aliphatic heterocycles. The van der Waals surface area contributed by atoms with Crippen molar-refractivity contribution in [2.75, 3.05) is 40.4 Å². The number of nitrogens with one attached hydrogen (secondary N) is 1. The molecule has 16 heavy (non-hydrogen) atoms. The first kappa shape index (κ1) is 13.9. The maximum Gasteiger partial charge on any atom is 0.169 e. The van der Waals surface area contributed by atoms with Gasteiger partial charge in [0.1, 0.15) is 0 Å². The molecule has 1 rings (SSSR count). The van der Waals surface area contributed by atoms with E-state index >= 15 is 0 Å². The van der Waals surface area contributed by atoms with Gasteiger partial charge in [0, 0.05) is 26.8 Å². The average Bonchev–Trinajstić information content (AvgIpc) is 2.55. The lowest BCUT2D eigenvalue weighted by atomic mass is 10.1. The summed E-state index contributed by atoms with van der Waals surface area (Å²) >= 11 is 0. The Labute approximate surface area is 99.3 Å². The van der Waals surface area contributed by atoms with Crippen molar-refractivity contribution in [2.45, 2.75) is 38.5 Å². The highest BCUT2D eigenvalue weighted by Gasteiger charge is 2.16. The summed E-state index contributed by atoms with van der Waals surface area (Å²) in [6, 6.07) is 0.615. The molecule has 4 nitrogen and oxygen atoms in total. The number of rotatable bonds is 6. The van der Waals surface area contributed by atoms with Gasteiger partial charge in [-0.15, -0.1) is 0 Å². The van der Waals surface area contributed by atoms with Crippen LogP contribution in [0.5, 0.6) is 0 Å². The summed E-state index contributed by atoms with van der Waals surface area (Å²) in [6.07, 6.45) is 3.66. The summed E-state index contributed by atoms with van der Waals surface area (Å²) in [5.41, 5.74) is 0. The van der Waals surface area contributed by atoms with Gasteiger partial charge in [-0.3, -0.25) is 0 Å². The van der Waals surface area contributed by atoms with Crippen LogP contribution in [0.25, 0.3) is 0 Å². The molecule has 1 heterocycles. The molecule has 0 radical (unpaired) electrons. The fourth-order valence-corrected chi connectivity index (χ4v) is 2.20. The molecule has 0 aromatic heterocycles. The van der Waals surface area contributed by atoms with Crippen molar-refractivity contribution >= 4 is 0 Å². The van der Waals surface area contributed by atoms with E-state index < -0.39 is 0 Å². The van der Waals surface area contributed by atoms with Gasteiger partial charge in [0.2, 0.25) is 0 Å². The normalized spacial score (nSPS) is 23.6. The molecule has 0 saturated carbocycles. The molecule has 0 amide bonds. The lowest BCUT2D eigenvalue weighted by Crippen LogP contribution is -2.37. The first-order chi connectivity index (χ1) is 7.80. The lowest BCUT2D eigenvalue weighted by molar-refractivity contribution is -0.1000. The van der Waals surface area contributed by atoms with Gasteiger partial charge in [0.25, 0.3) is 0 Å². The van der Waals surface area contributed by atoms with Gasteiger partial charge in [-0.05, 0) is 38.9 Å². The zero-order valence-corrected chi connectivity index (χ0v) is 10.9. The molecular weight excluding hydrogens is 204 g/mol. The first-order valence-electron chi connectivity index (χ1n) is 6.31. The van der Waals surface area contributed by atoms with Crippen LogP contribution in [-0.4, -0.2) is 57.6 Å². The highest BCUT2D eigenvalue weighted by atomic mass is 16.7. The Morgan fingerprint density at radius 1 is 1.25 bits per heavy atom. The Morgan fingerprint density at radius 3 is 2.62 bits per heavy atom. The van der Waals surface area contributed by atoms with Gasteiger partial charge in [-0.2, -0.15) is 0 Å². The van der Waals surface area contributed by atoms with Gasteiger partial charge < -0.3 is 19.7 Å². The Bertz CT molecular complexity index is 174. The Balaban J connectivity index is 2.21. The van der Waals surface area contributed by atoms with E-state index in [2.05, 4.69) is 17.1 Å². The molecule has 1 fully saturated rings. The summed E-state index contributed by atoms with van der Waals surface area (Å²) in [5.74, 6) is 0. The monoisotopic (exact) mass is 230 g/mol.